The highest BCUT2D eigenvalue weighted by molar-refractivity contribution is 5.67. The zero-order valence-electron chi connectivity index (χ0n) is 10.7. The van der Waals surface area contributed by atoms with Crippen LogP contribution in [0.2, 0.25) is 0 Å². The third kappa shape index (κ3) is 2.47. The Bertz CT molecular complexity index is 459. The Morgan fingerprint density at radius 2 is 2.28 bits per heavy atom. The highest BCUT2D eigenvalue weighted by Crippen LogP contribution is 2.40. The second-order valence-corrected chi connectivity index (χ2v) is 5.08. The van der Waals surface area contributed by atoms with Crippen molar-refractivity contribution in [1.82, 2.24) is 0 Å². The zero-order chi connectivity index (χ0) is 13.3. The Hall–Kier alpha value is -1.58. The molecule has 1 atom stereocenters. The molecule has 4 heteroatoms. The lowest BCUT2D eigenvalue weighted by atomic mass is 9.96. The van der Waals surface area contributed by atoms with Gasteiger partial charge in [-0.25, -0.2) is 4.39 Å². The minimum Gasteiger partial charge on any atom is -0.481 e. The molecule has 3 nitrogen and oxygen atoms in total. The second kappa shape index (κ2) is 4.96. The summed E-state index contributed by atoms with van der Waals surface area (Å²) in [6, 6.07) is 5.15. The van der Waals surface area contributed by atoms with Crippen LogP contribution >= 0.6 is 0 Å². The van der Waals surface area contributed by atoms with Crippen LogP contribution in [0.5, 0.6) is 0 Å². The largest absolute Gasteiger partial charge is 0.481 e. The van der Waals surface area contributed by atoms with Gasteiger partial charge >= 0.3 is 5.97 Å². The summed E-state index contributed by atoms with van der Waals surface area (Å²) in [5, 5.41) is 8.76. The Morgan fingerprint density at radius 3 is 2.89 bits per heavy atom. The Kier molecular flexibility index (Phi) is 3.55. The lowest BCUT2D eigenvalue weighted by Crippen LogP contribution is -2.29. The van der Waals surface area contributed by atoms with E-state index in [0.29, 0.717) is 12.5 Å². The molecule has 0 saturated heterocycles. The van der Waals surface area contributed by atoms with Crippen LogP contribution in [0.25, 0.3) is 0 Å². The van der Waals surface area contributed by atoms with Crippen LogP contribution in [0.1, 0.15) is 38.2 Å². The van der Waals surface area contributed by atoms with Crippen molar-refractivity contribution in [1.29, 1.82) is 0 Å². The summed E-state index contributed by atoms with van der Waals surface area (Å²) in [5.41, 5.74) is 1.99. The molecule has 0 spiro atoms. The molecule has 1 N–H and O–H groups in total. The first-order valence-electron chi connectivity index (χ1n) is 6.27. The number of anilines is 1. The third-order valence-corrected chi connectivity index (χ3v) is 3.49. The predicted molar refractivity (Wildman–Crippen MR) is 68.5 cm³/mol. The molecule has 1 aromatic carbocycles. The average molecular weight is 251 g/mol. The average Bonchev–Trinajstić information content (AvgIpc) is 2.64. The fourth-order valence-electron chi connectivity index (χ4n) is 2.58. The van der Waals surface area contributed by atoms with Crippen molar-refractivity contribution in [2.45, 2.75) is 38.6 Å². The monoisotopic (exact) mass is 251 g/mol. The van der Waals surface area contributed by atoms with E-state index < -0.39 is 5.97 Å². The first-order chi connectivity index (χ1) is 8.49. The fraction of sp³-hybridized carbons (Fsp3) is 0.500. The fourth-order valence-corrected chi connectivity index (χ4v) is 2.58. The van der Waals surface area contributed by atoms with E-state index in [-0.39, 0.29) is 18.2 Å². The number of nitrogens with zero attached hydrogens (tertiary/aromatic N) is 1. The summed E-state index contributed by atoms with van der Waals surface area (Å²) in [4.78, 5) is 12.9. The lowest BCUT2D eigenvalue weighted by Gasteiger charge is -2.24. The Labute approximate surface area is 106 Å². The van der Waals surface area contributed by atoms with Crippen LogP contribution < -0.4 is 4.90 Å². The lowest BCUT2D eigenvalue weighted by molar-refractivity contribution is -0.137. The number of halogens is 1. The van der Waals surface area contributed by atoms with E-state index in [1.807, 2.05) is 0 Å². The van der Waals surface area contributed by atoms with E-state index in [9.17, 15) is 9.18 Å². The molecule has 0 aliphatic carbocycles. The summed E-state index contributed by atoms with van der Waals surface area (Å²) in [5.74, 6) is -0.926. The topological polar surface area (TPSA) is 40.5 Å². The van der Waals surface area contributed by atoms with E-state index in [2.05, 4.69) is 18.7 Å². The molecule has 0 aromatic heterocycles. The van der Waals surface area contributed by atoms with Crippen LogP contribution in [0.15, 0.2) is 18.2 Å². The number of benzene rings is 1. The molecule has 2 rings (SSSR count). The van der Waals surface area contributed by atoms with E-state index >= 15 is 0 Å². The van der Waals surface area contributed by atoms with Gasteiger partial charge in [0.15, 0.2) is 0 Å². The van der Waals surface area contributed by atoms with Gasteiger partial charge in [-0.2, -0.15) is 0 Å². The van der Waals surface area contributed by atoms with Gasteiger partial charge in [0, 0.05) is 30.6 Å². The molecule has 1 aliphatic rings. The molecule has 1 aromatic rings. The number of carboxylic acids is 1. The van der Waals surface area contributed by atoms with Crippen molar-refractivity contribution in [2.75, 3.05) is 11.4 Å². The van der Waals surface area contributed by atoms with Crippen molar-refractivity contribution >= 4 is 11.7 Å². The molecule has 1 unspecified atom stereocenters. The third-order valence-electron chi connectivity index (χ3n) is 3.49. The number of fused-ring (bicyclic) bond motifs is 1. The standard InChI is InChI=1S/C14H18FNO2/c1-9(2)16-8-10(3-6-14(17)18)12-7-11(15)4-5-13(12)16/h4-5,7,9-10H,3,6,8H2,1-2H3,(H,17,18). The number of rotatable bonds is 4. The van der Waals surface area contributed by atoms with Gasteiger partial charge in [0.2, 0.25) is 0 Å². The number of hydrogen-bond donors (Lipinski definition) is 1. The van der Waals surface area contributed by atoms with Crippen molar-refractivity contribution < 1.29 is 14.3 Å². The van der Waals surface area contributed by atoms with Crippen molar-refractivity contribution in [2.24, 2.45) is 0 Å². The van der Waals surface area contributed by atoms with Gasteiger partial charge < -0.3 is 10.0 Å². The first-order valence-corrected chi connectivity index (χ1v) is 6.27. The molecule has 0 saturated carbocycles. The number of aliphatic carboxylic acids is 1. The molecule has 0 fully saturated rings. The van der Waals surface area contributed by atoms with Crippen molar-refractivity contribution in [3.8, 4) is 0 Å². The maximum Gasteiger partial charge on any atom is 0.303 e. The van der Waals surface area contributed by atoms with Crippen molar-refractivity contribution in [3.63, 3.8) is 0 Å². The minimum atomic E-state index is -0.795. The Morgan fingerprint density at radius 1 is 1.56 bits per heavy atom. The molecule has 0 amide bonds. The SMILES string of the molecule is CC(C)N1CC(CCC(=O)O)c2cc(F)ccc21. The predicted octanol–water partition coefficient (Wildman–Crippen LogP) is 3.00. The molecule has 0 bridgehead atoms. The van der Waals surface area contributed by atoms with Gasteiger partial charge in [0.25, 0.3) is 0 Å². The Balaban J connectivity index is 2.26. The van der Waals surface area contributed by atoms with E-state index in [0.717, 1.165) is 17.8 Å². The van der Waals surface area contributed by atoms with E-state index in [1.165, 1.54) is 6.07 Å². The van der Waals surface area contributed by atoms with Gasteiger partial charge in [0.1, 0.15) is 5.82 Å². The normalized spacial score (nSPS) is 18.2. The van der Waals surface area contributed by atoms with Crippen LogP contribution in [-0.2, 0) is 4.79 Å². The summed E-state index contributed by atoms with van der Waals surface area (Å²) in [7, 11) is 0. The summed E-state index contributed by atoms with van der Waals surface area (Å²) < 4.78 is 13.3. The van der Waals surface area contributed by atoms with Crippen LogP contribution in [0.3, 0.4) is 0 Å². The molecule has 18 heavy (non-hydrogen) atoms. The molecule has 98 valence electrons. The first kappa shape index (κ1) is 12.9. The molecule has 1 heterocycles. The molecular formula is C14H18FNO2. The maximum atomic E-state index is 13.3. The summed E-state index contributed by atoms with van der Waals surface area (Å²) >= 11 is 0. The van der Waals surface area contributed by atoms with Gasteiger partial charge in [-0.3, -0.25) is 4.79 Å². The number of hydrogen-bond acceptors (Lipinski definition) is 2. The second-order valence-electron chi connectivity index (χ2n) is 5.08. The van der Waals surface area contributed by atoms with Crippen molar-refractivity contribution in [3.05, 3.63) is 29.6 Å². The van der Waals surface area contributed by atoms with E-state index in [4.69, 9.17) is 5.11 Å². The van der Waals surface area contributed by atoms with Crippen LogP contribution in [0.4, 0.5) is 10.1 Å². The van der Waals surface area contributed by atoms with E-state index in [1.54, 1.807) is 12.1 Å². The summed E-state index contributed by atoms with van der Waals surface area (Å²) in [6.07, 6.45) is 0.696. The van der Waals surface area contributed by atoms with Crippen LogP contribution in [-0.4, -0.2) is 23.7 Å². The highest BCUT2D eigenvalue weighted by atomic mass is 19.1. The summed E-state index contributed by atoms with van der Waals surface area (Å²) in [6.45, 7) is 4.96. The maximum absolute atomic E-state index is 13.3. The smallest absolute Gasteiger partial charge is 0.303 e. The molecule has 1 aliphatic heterocycles. The quantitative estimate of drug-likeness (QED) is 0.894. The van der Waals surface area contributed by atoms with Crippen LogP contribution in [0, 0.1) is 5.82 Å². The molecule has 0 radical (unpaired) electrons. The zero-order valence-corrected chi connectivity index (χ0v) is 10.7. The van der Waals surface area contributed by atoms with Gasteiger partial charge in [0.05, 0.1) is 0 Å². The highest BCUT2D eigenvalue weighted by Gasteiger charge is 2.30. The molecular weight excluding hydrogens is 233 g/mol. The van der Waals surface area contributed by atoms with Gasteiger partial charge in [-0.1, -0.05) is 0 Å². The van der Waals surface area contributed by atoms with Gasteiger partial charge in [-0.15, -0.1) is 0 Å². The number of carbonyl (C=O) groups is 1. The van der Waals surface area contributed by atoms with Gasteiger partial charge in [-0.05, 0) is 44.0 Å². The number of carboxylic acid groups (broad SMARTS) is 1. The minimum absolute atomic E-state index is 0.120.